The van der Waals surface area contributed by atoms with Gasteiger partial charge < -0.3 is 15.5 Å². The second kappa shape index (κ2) is 14.8. The maximum absolute atomic E-state index is 4.45. The monoisotopic (exact) mass is 558 g/mol. The Balaban J connectivity index is 0.00000363. The summed E-state index contributed by atoms with van der Waals surface area (Å²) in [5, 5.41) is 7.10. The quantitative estimate of drug-likeness (QED) is 0.288. The highest BCUT2D eigenvalue weighted by molar-refractivity contribution is 14.0. The zero-order valence-corrected chi connectivity index (χ0v) is 22.5. The zero-order valence-electron chi connectivity index (χ0n) is 20.2. The van der Waals surface area contributed by atoms with Crippen molar-refractivity contribution in [2.75, 3.05) is 70.9 Å². The summed E-state index contributed by atoms with van der Waals surface area (Å²) in [4.78, 5) is 20.6. The molecule has 3 heterocycles. The standard InChI is InChI=1S/C23H42N8.HI/c1-20(2)21(30-12-6-4-5-7-13-30)19-28-22(24-3)25-11-14-29-15-17-31(18-16-29)23-26-9-8-10-27-23;/h8-10,20-21H,4-7,11-19H2,1-3H3,(H2,24,25,28);1H. The molecule has 32 heavy (non-hydrogen) atoms. The zero-order chi connectivity index (χ0) is 21.9. The van der Waals surface area contributed by atoms with Gasteiger partial charge in [-0.15, -0.1) is 24.0 Å². The average molecular weight is 559 g/mol. The predicted molar refractivity (Wildman–Crippen MR) is 144 cm³/mol. The molecule has 2 fully saturated rings. The molecule has 0 aromatic carbocycles. The molecule has 1 aromatic heterocycles. The van der Waals surface area contributed by atoms with Gasteiger partial charge in [0.25, 0.3) is 0 Å². The number of guanidine groups is 1. The Hall–Kier alpha value is -1.20. The minimum absolute atomic E-state index is 0. The fourth-order valence-corrected chi connectivity index (χ4v) is 4.59. The second-order valence-corrected chi connectivity index (χ2v) is 9.02. The van der Waals surface area contributed by atoms with Gasteiger partial charge in [0.1, 0.15) is 0 Å². The van der Waals surface area contributed by atoms with Crippen LogP contribution < -0.4 is 15.5 Å². The van der Waals surface area contributed by atoms with E-state index in [9.17, 15) is 0 Å². The van der Waals surface area contributed by atoms with Crippen LogP contribution in [0.5, 0.6) is 0 Å². The number of nitrogens with zero attached hydrogens (tertiary/aromatic N) is 6. The highest BCUT2D eigenvalue weighted by Crippen LogP contribution is 2.17. The second-order valence-electron chi connectivity index (χ2n) is 9.02. The first-order valence-electron chi connectivity index (χ1n) is 12.1. The summed E-state index contributed by atoms with van der Waals surface area (Å²) in [6, 6.07) is 2.42. The van der Waals surface area contributed by atoms with E-state index in [1.165, 1.54) is 38.8 Å². The number of anilines is 1. The molecule has 2 aliphatic heterocycles. The van der Waals surface area contributed by atoms with Crippen LogP contribution in [0.2, 0.25) is 0 Å². The summed E-state index contributed by atoms with van der Waals surface area (Å²) in [6.07, 6.45) is 9.05. The summed E-state index contributed by atoms with van der Waals surface area (Å²) in [5.74, 6) is 2.39. The maximum Gasteiger partial charge on any atom is 0.225 e. The maximum atomic E-state index is 4.45. The van der Waals surface area contributed by atoms with Crippen LogP contribution in [0.15, 0.2) is 23.5 Å². The van der Waals surface area contributed by atoms with Gasteiger partial charge in [-0.25, -0.2) is 9.97 Å². The third-order valence-electron chi connectivity index (χ3n) is 6.51. The van der Waals surface area contributed by atoms with Crippen LogP contribution in [0.4, 0.5) is 5.95 Å². The highest BCUT2D eigenvalue weighted by atomic mass is 127. The molecule has 0 saturated carbocycles. The van der Waals surface area contributed by atoms with Crippen molar-refractivity contribution in [3.8, 4) is 0 Å². The van der Waals surface area contributed by atoms with Gasteiger partial charge in [0.15, 0.2) is 5.96 Å². The summed E-state index contributed by atoms with van der Waals surface area (Å²) in [6.45, 7) is 14.0. The Morgan fingerprint density at radius 2 is 1.62 bits per heavy atom. The van der Waals surface area contributed by atoms with Gasteiger partial charge in [-0.1, -0.05) is 26.7 Å². The molecule has 2 N–H and O–H groups in total. The SMILES string of the molecule is CN=C(NCCN1CCN(c2ncccn2)CC1)NCC(C(C)C)N1CCCCCC1.I. The predicted octanol–water partition coefficient (Wildman–Crippen LogP) is 2.28. The van der Waals surface area contributed by atoms with Crippen LogP contribution in [-0.2, 0) is 0 Å². The molecule has 2 aliphatic rings. The summed E-state index contributed by atoms with van der Waals surface area (Å²) in [7, 11) is 1.87. The lowest BCUT2D eigenvalue weighted by atomic mass is 10.0. The molecule has 0 bridgehead atoms. The fraction of sp³-hybridized carbons (Fsp3) is 0.783. The number of aromatic nitrogens is 2. The molecule has 182 valence electrons. The van der Waals surface area contributed by atoms with Gasteiger partial charge in [0.05, 0.1) is 0 Å². The molecule has 0 aliphatic carbocycles. The molecular formula is C23H43IN8. The number of likely N-dealkylation sites (tertiary alicyclic amines) is 1. The van der Waals surface area contributed by atoms with Crippen molar-refractivity contribution < 1.29 is 0 Å². The van der Waals surface area contributed by atoms with E-state index in [4.69, 9.17) is 0 Å². The van der Waals surface area contributed by atoms with Crippen LogP contribution in [0.1, 0.15) is 39.5 Å². The third-order valence-corrected chi connectivity index (χ3v) is 6.51. The van der Waals surface area contributed by atoms with Crippen LogP contribution in [0, 0.1) is 5.92 Å². The third kappa shape index (κ3) is 8.62. The van der Waals surface area contributed by atoms with E-state index < -0.39 is 0 Å². The largest absolute Gasteiger partial charge is 0.355 e. The molecule has 9 heteroatoms. The summed E-state index contributed by atoms with van der Waals surface area (Å²) in [5.41, 5.74) is 0. The Bertz CT molecular complexity index is 641. The average Bonchev–Trinajstić information content (AvgIpc) is 3.08. The molecule has 1 atom stereocenters. The lowest BCUT2D eigenvalue weighted by Crippen LogP contribution is -2.51. The number of piperazine rings is 1. The molecule has 1 aromatic rings. The van der Waals surface area contributed by atoms with Gasteiger partial charge in [0, 0.05) is 71.3 Å². The van der Waals surface area contributed by atoms with E-state index in [1.807, 2.05) is 25.5 Å². The summed E-state index contributed by atoms with van der Waals surface area (Å²) < 4.78 is 0. The highest BCUT2D eigenvalue weighted by Gasteiger charge is 2.23. The lowest BCUT2D eigenvalue weighted by molar-refractivity contribution is 0.161. The van der Waals surface area contributed by atoms with Crippen molar-refractivity contribution >= 4 is 35.9 Å². The number of nitrogens with one attached hydrogen (secondary N) is 2. The van der Waals surface area contributed by atoms with E-state index in [0.717, 1.165) is 57.7 Å². The number of aliphatic imine (C=N–C) groups is 1. The van der Waals surface area contributed by atoms with Crippen molar-refractivity contribution in [2.24, 2.45) is 10.9 Å². The fourth-order valence-electron chi connectivity index (χ4n) is 4.59. The molecule has 0 spiro atoms. The Labute approximate surface area is 211 Å². The van der Waals surface area contributed by atoms with Gasteiger partial charge in [-0.2, -0.15) is 0 Å². The number of rotatable bonds is 8. The molecule has 2 saturated heterocycles. The molecule has 1 unspecified atom stereocenters. The van der Waals surface area contributed by atoms with Crippen LogP contribution in [-0.4, -0.2) is 97.7 Å². The van der Waals surface area contributed by atoms with Crippen molar-refractivity contribution in [3.05, 3.63) is 18.5 Å². The van der Waals surface area contributed by atoms with Gasteiger partial charge >= 0.3 is 0 Å². The number of halogens is 1. The van der Waals surface area contributed by atoms with E-state index in [-0.39, 0.29) is 24.0 Å². The minimum atomic E-state index is 0. The molecular weight excluding hydrogens is 515 g/mol. The van der Waals surface area contributed by atoms with Crippen LogP contribution >= 0.6 is 24.0 Å². The number of hydrogen-bond donors (Lipinski definition) is 2. The number of hydrogen-bond acceptors (Lipinski definition) is 6. The van der Waals surface area contributed by atoms with E-state index in [1.54, 1.807) is 0 Å². The van der Waals surface area contributed by atoms with Crippen LogP contribution in [0.3, 0.4) is 0 Å². The van der Waals surface area contributed by atoms with Gasteiger partial charge in [-0.05, 0) is 37.9 Å². The molecule has 0 radical (unpaired) electrons. The molecule has 8 nitrogen and oxygen atoms in total. The van der Waals surface area contributed by atoms with Crippen molar-refractivity contribution in [1.29, 1.82) is 0 Å². The van der Waals surface area contributed by atoms with E-state index in [2.05, 4.69) is 54.1 Å². The molecule has 3 rings (SSSR count). The van der Waals surface area contributed by atoms with E-state index in [0.29, 0.717) is 12.0 Å². The smallest absolute Gasteiger partial charge is 0.225 e. The van der Waals surface area contributed by atoms with Gasteiger partial charge in [0.2, 0.25) is 5.95 Å². The van der Waals surface area contributed by atoms with E-state index >= 15 is 0 Å². The first-order chi connectivity index (χ1) is 15.2. The van der Waals surface area contributed by atoms with Crippen molar-refractivity contribution in [3.63, 3.8) is 0 Å². The van der Waals surface area contributed by atoms with Crippen molar-refractivity contribution in [2.45, 2.75) is 45.6 Å². The normalized spacial score (nSPS) is 19.9. The molecule has 0 amide bonds. The Kier molecular flexibility index (Phi) is 12.6. The van der Waals surface area contributed by atoms with Crippen LogP contribution in [0.25, 0.3) is 0 Å². The Morgan fingerprint density at radius 1 is 0.969 bits per heavy atom. The first-order valence-corrected chi connectivity index (χ1v) is 12.1. The lowest BCUT2D eigenvalue weighted by Gasteiger charge is -2.35. The Morgan fingerprint density at radius 3 is 2.22 bits per heavy atom. The summed E-state index contributed by atoms with van der Waals surface area (Å²) >= 11 is 0. The first kappa shape index (κ1) is 27.0. The topological polar surface area (TPSA) is 71.9 Å². The van der Waals surface area contributed by atoms with Crippen molar-refractivity contribution in [1.82, 2.24) is 30.4 Å². The minimum Gasteiger partial charge on any atom is -0.355 e. The van der Waals surface area contributed by atoms with Gasteiger partial charge in [-0.3, -0.25) is 14.8 Å².